The Kier molecular flexibility index (Phi) is 16.1. The van der Waals surface area contributed by atoms with Crippen molar-refractivity contribution in [2.45, 2.75) is 60.0 Å². The van der Waals surface area contributed by atoms with E-state index in [2.05, 4.69) is 21.9 Å². The van der Waals surface area contributed by atoms with Crippen molar-refractivity contribution in [2.75, 3.05) is 13.7 Å². The Bertz CT molecular complexity index is 755. The minimum atomic E-state index is -0.262. The van der Waals surface area contributed by atoms with E-state index in [0.717, 1.165) is 23.5 Å². The van der Waals surface area contributed by atoms with Crippen LogP contribution in [0.25, 0.3) is 0 Å². The molecule has 0 fully saturated rings. The number of nitrogens with one attached hydrogen (secondary N) is 1. The minimum Gasteiger partial charge on any atom is -0.469 e. The van der Waals surface area contributed by atoms with Crippen LogP contribution in [0.2, 0.25) is 0 Å². The Morgan fingerprint density at radius 2 is 1.88 bits per heavy atom. The second kappa shape index (κ2) is 17.7. The van der Waals surface area contributed by atoms with Gasteiger partial charge in [0.15, 0.2) is 0 Å². The number of amidine groups is 1. The molecule has 1 aromatic rings. The molecule has 3 N–H and O–H groups in total. The van der Waals surface area contributed by atoms with Gasteiger partial charge in [0.25, 0.3) is 0 Å². The van der Waals surface area contributed by atoms with E-state index in [1.807, 2.05) is 71.0 Å². The van der Waals surface area contributed by atoms with Crippen LogP contribution in [0.3, 0.4) is 0 Å². The Labute approximate surface area is 193 Å². The summed E-state index contributed by atoms with van der Waals surface area (Å²) in [6.45, 7) is 15.0. The molecule has 7 nitrogen and oxygen atoms in total. The first kappa shape index (κ1) is 29.1. The van der Waals surface area contributed by atoms with Crippen LogP contribution < -0.4 is 11.2 Å². The lowest BCUT2D eigenvalue weighted by molar-refractivity contribution is -0.141. The van der Waals surface area contributed by atoms with E-state index in [1.165, 1.54) is 7.11 Å². The number of nitrogens with two attached hydrogens (primary N) is 1. The highest BCUT2D eigenvalue weighted by molar-refractivity contribution is 5.93. The fourth-order valence-corrected chi connectivity index (χ4v) is 2.75. The van der Waals surface area contributed by atoms with Gasteiger partial charge in [0.1, 0.15) is 5.84 Å². The van der Waals surface area contributed by atoms with Crippen LogP contribution in [-0.4, -0.2) is 31.4 Å². The highest BCUT2D eigenvalue weighted by atomic mass is 16.6. The first-order valence-electron chi connectivity index (χ1n) is 11.1. The lowest BCUT2D eigenvalue weighted by atomic mass is 10.0. The molecule has 2 unspecified atom stereocenters. The van der Waals surface area contributed by atoms with Gasteiger partial charge in [-0.05, 0) is 37.0 Å². The van der Waals surface area contributed by atoms with Crippen molar-refractivity contribution in [1.82, 2.24) is 5.32 Å². The average molecular weight is 445 g/mol. The number of allylic oxidation sites excluding steroid dienone is 2. The largest absolute Gasteiger partial charge is 0.469 e. The summed E-state index contributed by atoms with van der Waals surface area (Å²) in [5.41, 5.74) is 2.13. The monoisotopic (exact) mass is 444 g/mol. The molecule has 1 rings (SSSR count). The van der Waals surface area contributed by atoms with E-state index in [-0.39, 0.29) is 17.9 Å². The molecule has 1 aromatic carbocycles. The van der Waals surface area contributed by atoms with Crippen LogP contribution >= 0.6 is 0 Å². The summed E-state index contributed by atoms with van der Waals surface area (Å²) in [6.07, 6.45) is 6.23. The highest BCUT2D eigenvalue weighted by Crippen LogP contribution is 2.20. The molecule has 0 heterocycles. The molecule has 0 radical (unpaired) electrons. The smallest absolute Gasteiger partial charge is 0.305 e. The zero-order chi connectivity index (χ0) is 24.4. The number of likely N-dealkylation sites (N-methyl/N-ethyl adjacent to an activating group) is 1. The van der Waals surface area contributed by atoms with Gasteiger partial charge in [-0.2, -0.15) is 5.90 Å². The second-order valence-corrected chi connectivity index (χ2v) is 6.97. The number of hydrogen-bond donors (Lipinski definition) is 2. The molecule has 0 bridgehead atoms. The van der Waals surface area contributed by atoms with Gasteiger partial charge in [-0.3, -0.25) is 9.79 Å². The van der Waals surface area contributed by atoms with Crippen molar-refractivity contribution in [3.63, 3.8) is 0 Å². The summed E-state index contributed by atoms with van der Waals surface area (Å²) in [6, 6.07) is 8.00. The number of nitrogens with zero attached hydrogens (tertiary/aromatic N) is 2. The van der Waals surface area contributed by atoms with Crippen molar-refractivity contribution in [2.24, 2.45) is 21.8 Å². The van der Waals surface area contributed by atoms with Gasteiger partial charge in [-0.1, -0.05) is 63.8 Å². The number of carbonyl (C=O) groups is 1. The Morgan fingerprint density at radius 3 is 2.41 bits per heavy atom. The maximum atomic E-state index is 11.4. The fourth-order valence-electron chi connectivity index (χ4n) is 2.75. The number of hydrogen-bond acceptors (Lipinski definition) is 6. The number of benzene rings is 1. The summed E-state index contributed by atoms with van der Waals surface area (Å²) in [5.74, 6) is 6.38. The van der Waals surface area contributed by atoms with E-state index in [1.54, 1.807) is 6.08 Å². The third kappa shape index (κ3) is 12.1. The molecule has 0 aromatic heterocycles. The predicted octanol–water partition coefficient (Wildman–Crippen LogP) is 4.90. The van der Waals surface area contributed by atoms with E-state index >= 15 is 0 Å². The normalized spacial score (nSPS) is 13.6. The molecule has 2 atom stereocenters. The van der Waals surface area contributed by atoms with Gasteiger partial charge in [0, 0.05) is 19.4 Å². The summed E-state index contributed by atoms with van der Waals surface area (Å²) in [7, 11) is 1.37. The van der Waals surface area contributed by atoms with Gasteiger partial charge >= 0.3 is 5.97 Å². The van der Waals surface area contributed by atoms with Crippen LogP contribution in [0.15, 0.2) is 59.1 Å². The van der Waals surface area contributed by atoms with Crippen molar-refractivity contribution >= 4 is 17.7 Å². The van der Waals surface area contributed by atoms with Gasteiger partial charge in [0.2, 0.25) is 5.90 Å². The Hall–Kier alpha value is -2.93. The van der Waals surface area contributed by atoms with E-state index < -0.39 is 0 Å². The zero-order valence-electron chi connectivity index (χ0n) is 20.4. The zero-order valence-corrected chi connectivity index (χ0v) is 20.4. The van der Waals surface area contributed by atoms with Crippen molar-refractivity contribution in [3.8, 4) is 0 Å². The Balaban J connectivity index is 0.00000466. The molecule has 178 valence electrons. The Morgan fingerprint density at radius 1 is 1.22 bits per heavy atom. The quantitative estimate of drug-likeness (QED) is 0.166. The summed E-state index contributed by atoms with van der Waals surface area (Å²) in [4.78, 5) is 25.5. The third-order valence-corrected chi connectivity index (χ3v) is 4.38. The highest BCUT2D eigenvalue weighted by Gasteiger charge is 2.15. The van der Waals surface area contributed by atoms with Gasteiger partial charge in [-0.15, -0.1) is 0 Å². The number of aliphatic imine (C=N–C) groups is 2. The van der Waals surface area contributed by atoms with E-state index in [4.69, 9.17) is 15.5 Å². The molecule has 0 aliphatic heterocycles. The maximum absolute atomic E-state index is 11.4. The molecule has 0 saturated carbocycles. The topological polar surface area (TPSA) is 98.3 Å². The van der Waals surface area contributed by atoms with Gasteiger partial charge in [0.05, 0.1) is 19.7 Å². The molecule has 0 aliphatic rings. The van der Waals surface area contributed by atoms with E-state index in [9.17, 15) is 4.79 Å². The standard InChI is InChI=1S/C23H34N4O3.C2H6/c1-6-8-9-21(25-7-2)26-16-19-10-12-20(13-11-19)18(4)27-22(30-24)14-17(3)15-23(28)29-5;1-2/h6,8-13,17-18H,1,7,14-16,24H2,2-5H3,(H,25,26);1-2H3/b9-8-,27-22?;. The summed E-state index contributed by atoms with van der Waals surface area (Å²) in [5, 5.41) is 3.22. The molecular formula is C25H40N4O3. The predicted molar refractivity (Wildman–Crippen MR) is 133 cm³/mol. The number of carbonyl (C=O) groups excluding carboxylic acids is 1. The van der Waals surface area contributed by atoms with Crippen LogP contribution in [0, 0.1) is 5.92 Å². The number of ether oxygens (including phenoxy) is 1. The molecule has 0 saturated heterocycles. The first-order valence-corrected chi connectivity index (χ1v) is 11.1. The van der Waals surface area contributed by atoms with Crippen LogP contribution in [0.1, 0.15) is 64.6 Å². The first-order chi connectivity index (χ1) is 15.4. The molecule has 32 heavy (non-hydrogen) atoms. The average Bonchev–Trinajstić information content (AvgIpc) is 2.81. The van der Waals surface area contributed by atoms with Crippen molar-refractivity contribution in [1.29, 1.82) is 0 Å². The maximum Gasteiger partial charge on any atom is 0.305 e. The van der Waals surface area contributed by atoms with Gasteiger partial charge < -0.3 is 14.9 Å². The van der Waals surface area contributed by atoms with Crippen LogP contribution in [0.4, 0.5) is 0 Å². The summed E-state index contributed by atoms with van der Waals surface area (Å²) < 4.78 is 4.69. The molecule has 7 heteroatoms. The minimum absolute atomic E-state index is 0.0215. The molecule has 0 amide bonds. The molecular weight excluding hydrogens is 404 g/mol. The van der Waals surface area contributed by atoms with Crippen molar-refractivity contribution < 1.29 is 14.4 Å². The van der Waals surface area contributed by atoms with Crippen molar-refractivity contribution in [3.05, 3.63) is 60.2 Å². The third-order valence-electron chi connectivity index (χ3n) is 4.38. The number of rotatable bonds is 11. The van der Waals surface area contributed by atoms with Crippen LogP contribution in [-0.2, 0) is 20.9 Å². The second-order valence-electron chi connectivity index (χ2n) is 6.97. The van der Waals surface area contributed by atoms with Gasteiger partial charge in [-0.25, -0.2) is 4.99 Å². The van der Waals surface area contributed by atoms with E-state index in [0.29, 0.717) is 25.3 Å². The SMILES string of the molecule is C=C/C=C\C(=NCc1ccc(C(C)N=C(CC(C)CC(=O)OC)ON)cc1)NCC.CC. The summed E-state index contributed by atoms with van der Waals surface area (Å²) >= 11 is 0. The van der Waals surface area contributed by atoms with Crippen LogP contribution in [0.5, 0.6) is 0 Å². The molecule has 0 spiro atoms. The lowest BCUT2D eigenvalue weighted by Crippen LogP contribution is -2.20. The number of methoxy groups -OCH3 is 1. The molecule has 0 aliphatic carbocycles. The lowest BCUT2D eigenvalue weighted by Gasteiger charge is -2.14. The number of esters is 1. The fraction of sp³-hybridized carbons (Fsp3) is 0.480.